The Kier molecular flexibility index (Phi) is 4.20. The van der Waals surface area contributed by atoms with Crippen LogP contribution in [0.15, 0.2) is 30.4 Å². The summed E-state index contributed by atoms with van der Waals surface area (Å²) in [6.45, 7) is 2.91. The molecule has 3 rings (SSSR count). The largest absolute Gasteiger partial charge is 0.364 e. The molecule has 0 bridgehead atoms. The van der Waals surface area contributed by atoms with Gasteiger partial charge in [-0.2, -0.15) is 0 Å². The second-order valence-electron chi connectivity index (χ2n) is 5.29. The van der Waals surface area contributed by atoms with Crippen LogP contribution in [-0.4, -0.2) is 40.0 Å². The van der Waals surface area contributed by atoms with Gasteiger partial charge in [-0.05, 0) is 24.6 Å². The Labute approximate surface area is 127 Å². The summed E-state index contributed by atoms with van der Waals surface area (Å²) < 4.78 is 18.6. The van der Waals surface area contributed by atoms with Crippen molar-refractivity contribution < 1.29 is 13.9 Å². The lowest BCUT2D eigenvalue weighted by atomic mass is 10.2. The summed E-state index contributed by atoms with van der Waals surface area (Å²) >= 11 is 0. The van der Waals surface area contributed by atoms with Gasteiger partial charge in [-0.1, -0.05) is 19.1 Å². The van der Waals surface area contributed by atoms with Gasteiger partial charge in [-0.3, -0.25) is 4.79 Å². The number of carbonyl (C=O) groups excluding carboxylic acids is 1. The summed E-state index contributed by atoms with van der Waals surface area (Å²) in [5.74, 6) is 0.241. The van der Waals surface area contributed by atoms with Crippen molar-refractivity contribution in [3.05, 3.63) is 42.0 Å². The number of halogens is 1. The molecule has 0 saturated heterocycles. The molecule has 116 valence electrons. The number of amides is 1. The van der Waals surface area contributed by atoms with E-state index in [9.17, 15) is 9.18 Å². The minimum absolute atomic E-state index is 0.0174. The van der Waals surface area contributed by atoms with E-state index < -0.39 is 0 Å². The molecule has 1 amide bonds. The molecule has 1 aliphatic rings. The highest BCUT2D eigenvalue weighted by molar-refractivity contribution is 5.78. The molecule has 1 N–H and O–H groups in total. The van der Waals surface area contributed by atoms with Crippen LogP contribution in [0.2, 0.25) is 0 Å². The van der Waals surface area contributed by atoms with Crippen LogP contribution in [0.3, 0.4) is 0 Å². The van der Waals surface area contributed by atoms with Crippen molar-refractivity contribution in [3.63, 3.8) is 0 Å². The van der Waals surface area contributed by atoms with Crippen molar-refractivity contribution in [2.45, 2.75) is 26.0 Å². The molecular weight excluding hydrogens is 285 g/mol. The topological polar surface area (TPSA) is 58.2 Å². The van der Waals surface area contributed by atoms with E-state index in [1.165, 1.54) is 12.1 Å². The standard InChI is InChI=1S/C16H18FN3O2/c1-2-12-4-3-7-20(12)16(21)10-22-9-15-18-13-6-5-11(17)8-14(13)19-15/h3-6,8,12H,2,7,9-10H2,1H3,(H,18,19). The first-order chi connectivity index (χ1) is 10.7. The second kappa shape index (κ2) is 6.27. The number of imidazole rings is 1. The lowest BCUT2D eigenvalue weighted by molar-refractivity contribution is -0.137. The molecule has 2 heterocycles. The molecule has 1 unspecified atom stereocenters. The lowest BCUT2D eigenvalue weighted by Gasteiger charge is -2.23. The van der Waals surface area contributed by atoms with Crippen molar-refractivity contribution in [2.24, 2.45) is 0 Å². The van der Waals surface area contributed by atoms with Crippen LogP contribution in [0.1, 0.15) is 19.2 Å². The number of carbonyl (C=O) groups is 1. The normalized spacial score (nSPS) is 17.5. The van der Waals surface area contributed by atoms with Gasteiger partial charge >= 0.3 is 0 Å². The molecule has 0 spiro atoms. The molecule has 0 saturated carbocycles. The average molecular weight is 303 g/mol. The monoisotopic (exact) mass is 303 g/mol. The number of rotatable bonds is 5. The second-order valence-corrected chi connectivity index (χ2v) is 5.29. The maximum Gasteiger partial charge on any atom is 0.249 e. The van der Waals surface area contributed by atoms with E-state index in [0.29, 0.717) is 23.4 Å². The number of benzene rings is 1. The smallest absolute Gasteiger partial charge is 0.249 e. The fraction of sp³-hybridized carbons (Fsp3) is 0.375. The van der Waals surface area contributed by atoms with Gasteiger partial charge in [0.15, 0.2) is 0 Å². The predicted octanol–water partition coefficient (Wildman–Crippen LogP) is 2.40. The van der Waals surface area contributed by atoms with Crippen molar-refractivity contribution in [2.75, 3.05) is 13.2 Å². The van der Waals surface area contributed by atoms with Gasteiger partial charge in [-0.25, -0.2) is 9.37 Å². The van der Waals surface area contributed by atoms with Gasteiger partial charge in [-0.15, -0.1) is 0 Å². The fourth-order valence-corrected chi connectivity index (χ4v) is 2.63. The maximum atomic E-state index is 13.1. The first kappa shape index (κ1) is 14.7. The summed E-state index contributed by atoms with van der Waals surface area (Å²) in [5.41, 5.74) is 1.31. The van der Waals surface area contributed by atoms with Crippen molar-refractivity contribution in [1.82, 2.24) is 14.9 Å². The Morgan fingerprint density at radius 2 is 2.41 bits per heavy atom. The van der Waals surface area contributed by atoms with E-state index in [2.05, 4.69) is 16.9 Å². The van der Waals surface area contributed by atoms with E-state index in [-0.39, 0.29) is 31.0 Å². The van der Waals surface area contributed by atoms with Crippen LogP contribution in [-0.2, 0) is 16.1 Å². The minimum Gasteiger partial charge on any atom is -0.364 e. The number of aromatic nitrogens is 2. The average Bonchev–Trinajstić information content (AvgIpc) is 3.12. The van der Waals surface area contributed by atoms with Crippen molar-refractivity contribution in [3.8, 4) is 0 Å². The summed E-state index contributed by atoms with van der Waals surface area (Å²) in [7, 11) is 0. The van der Waals surface area contributed by atoms with E-state index in [1.54, 1.807) is 11.0 Å². The third-order valence-electron chi connectivity index (χ3n) is 3.76. The van der Waals surface area contributed by atoms with E-state index in [4.69, 9.17) is 4.74 Å². The Hall–Kier alpha value is -2.21. The molecule has 1 aliphatic heterocycles. The minimum atomic E-state index is -0.314. The number of ether oxygens (including phenoxy) is 1. The summed E-state index contributed by atoms with van der Waals surface area (Å²) in [4.78, 5) is 21.2. The molecule has 0 radical (unpaired) electrons. The number of aromatic amines is 1. The van der Waals surface area contributed by atoms with Gasteiger partial charge in [0.2, 0.25) is 5.91 Å². The van der Waals surface area contributed by atoms with Gasteiger partial charge in [0.25, 0.3) is 0 Å². The number of nitrogens with one attached hydrogen (secondary N) is 1. The Morgan fingerprint density at radius 3 is 3.23 bits per heavy atom. The van der Waals surface area contributed by atoms with E-state index in [0.717, 1.165) is 6.42 Å². The van der Waals surface area contributed by atoms with Crippen LogP contribution in [0, 0.1) is 5.82 Å². The lowest BCUT2D eigenvalue weighted by Crippen LogP contribution is -2.38. The molecule has 6 heteroatoms. The molecule has 5 nitrogen and oxygen atoms in total. The molecule has 0 aliphatic carbocycles. The Balaban J connectivity index is 1.54. The van der Waals surface area contributed by atoms with Gasteiger partial charge in [0.05, 0.1) is 17.1 Å². The van der Waals surface area contributed by atoms with Crippen LogP contribution in [0.5, 0.6) is 0 Å². The zero-order valence-electron chi connectivity index (χ0n) is 12.4. The van der Waals surface area contributed by atoms with Crippen molar-refractivity contribution in [1.29, 1.82) is 0 Å². The Bertz CT molecular complexity index is 710. The highest BCUT2D eigenvalue weighted by atomic mass is 19.1. The van der Waals surface area contributed by atoms with E-state index in [1.807, 2.05) is 12.2 Å². The molecule has 1 atom stereocenters. The first-order valence-electron chi connectivity index (χ1n) is 7.35. The number of nitrogens with zero attached hydrogens (tertiary/aromatic N) is 2. The van der Waals surface area contributed by atoms with Crippen LogP contribution in [0.4, 0.5) is 4.39 Å². The SMILES string of the molecule is CCC1C=CCN1C(=O)COCc1nc2ccc(F)cc2[nH]1. The predicted molar refractivity (Wildman–Crippen MR) is 80.6 cm³/mol. The number of hydrogen-bond donors (Lipinski definition) is 1. The Morgan fingerprint density at radius 1 is 1.55 bits per heavy atom. The molecule has 1 aromatic carbocycles. The van der Waals surface area contributed by atoms with E-state index >= 15 is 0 Å². The van der Waals surface area contributed by atoms with Crippen molar-refractivity contribution >= 4 is 16.9 Å². The summed E-state index contributed by atoms with van der Waals surface area (Å²) in [6, 6.07) is 4.53. The molecule has 1 aromatic heterocycles. The zero-order chi connectivity index (χ0) is 15.5. The van der Waals surface area contributed by atoms with Gasteiger partial charge in [0.1, 0.15) is 24.9 Å². The number of H-pyrrole nitrogens is 1. The molecule has 0 fully saturated rings. The van der Waals surface area contributed by atoms with Gasteiger partial charge in [0, 0.05) is 6.54 Å². The maximum absolute atomic E-state index is 13.1. The quantitative estimate of drug-likeness (QED) is 0.863. The molecular formula is C16H18FN3O2. The van der Waals surface area contributed by atoms with Crippen LogP contribution >= 0.6 is 0 Å². The third-order valence-corrected chi connectivity index (χ3v) is 3.76. The first-order valence-corrected chi connectivity index (χ1v) is 7.35. The highest BCUT2D eigenvalue weighted by Crippen LogP contribution is 2.15. The van der Waals surface area contributed by atoms with Crippen LogP contribution < -0.4 is 0 Å². The molecule has 22 heavy (non-hydrogen) atoms. The summed E-state index contributed by atoms with van der Waals surface area (Å²) in [5, 5.41) is 0. The number of hydrogen-bond acceptors (Lipinski definition) is 3. The molecule has 2 aromatic rings. The fourth-order valence-electron chi connectivity index (χ4n) is 2.63. The van der Waals surface area contributed by atoms with Crippen LogP contribution in [0.25, 0.3) is 11.0 Å². The zero-order valence-corrected chi connectivity index (χ0v) is 12.4. The number of fused-ring (bicyclic) bond motifs is 1. The highest BCUT2D eigenvalue weighted by Gasteiger charge is 2.22. The van der Waals surface area contributed by atoms with Gasteiger partial charge < -0.3 is 14.6 Å². The summed E-state index contributed by atoms with van der Waals surface area (Å²) in [6.07, 6.45) is 4.95. The third kappa shape index (κ3) is 3.01.